The molecule has 1 atom stereocenters. The minimum absolute atomic E-state index is 0.00700. The summed E-state index contributed by atoms with van der Waals surface area (Å²) < 4.78 is 0. The topological polar surface area (TPSA) is 66.6 Å². The summed E-state index contributed by atoms with van der Waals surface area (Å²) in [6, 6.07) is 7.41. The van der Waals surface area contributed by atoms with Gasteiger partial charge < -0.3 is 15.7 Å². The number of nitrogens with two attached hydrogens (primary N) is 1. The minimum Gasteiger partial charge on any atom is -0.398 e. The van der Waals surface area contributed by atoms with Crippen molar-refractivity contribution in [1.29, 1.82) is 0 Å². The van der Waals surface area contributed by atoms with Crippen molar-refractivity contribution < 1.29 is 9.90 Å². The SMILES string of the molecule is Nc1ccccc1CC(=O)N1CCC[C@@H]1CO. The number of carbonyl (C=O) groups is 1. The van der Waals surface area contributed by atoms with E-state index in [4.69, 9.17) is 5.73 Å². The second kappa shape index (κ2) is 5.19. The first kappa shape index (κ1) is 11.9. The smallest absolute Gasteiger partial charge is 0.227 e. The number of aliphatic hydroxyl groups is 1. The molecule has 3 N–H and O–H groups in total. The number of carbonyl (C=O) groups excluding carboxylic acids is 1. The third-order valence-electron chi connectivity index (χ3n) is 3.31. The number of nitrogen functional groups attached to an aromatic ring is 1. The van der Waals surface area contributed by atoms with Crippen LogP contribution in [-0.2, 0) is 11.2 Å². The van der Waals surface area contributed by atoms with E-state index in [2.05, 4.69) is 0 Å². The lowest BCUT2D eigenvalue weighted by Gasteiger charge is -2.23. The molecule has 1 amide bonds. The highest BCUT2D eigenvalue weighted by Crippen LogP contribution is 2.19. The van der Waals surface area contributed by atoms with Crippen LogP contribution in [0.4, 0.5) is 5.69 Å². The molecule has 4 nitrogen and oxygen atoms in total. The summed E-state index contributed by atoms with van der Waals surface area (Å²) in [5, 5.41) is 9.19. The van der Waals surface area contributed by atoms with Gasteiger partial charge in [0.15, 0.2) is 0 Å². The normalized spacial score (nSPS) is 19.6. The van der Waals surface area contributed by atoms with E-state index in [-0.39, 0.29) is 18.6 Å². The summed E-state index contributed by atoms with van der Waals surface area (Å²) >= 11 is 0. The van der Waals surface area contributed by atoms with Crippen molar-refractivity contribution in [3.63, 3.8) is 0 Å². The maximum Gasteiger partial charge on any atom is 0.227 e. The van der Waals surface area contributed by atoms with Crippen LogP contribution >= 0.6 is 0 Å². The predicted molar refractivity (Wildman–Crippen MR) is 66.4 cm³/mol. The lowest BCUT2D eigenvalue weighted by atomic mass is 10.1. The number of para-hydroxylation sites is 1. The molecular formula is C13H18N2O2. The highest BCUT2D eigenvalue weighted by molar-refractivity contribution is 5.81. The number of amides is 1. The summed E-state index contributed by atoms with van der Waals surface area (Å²) in [5.41, 5.74) is 7.33. The molecule has 1 aliphatic heterocycles. The van der Waals surface area contributed by atoms with Crippen LogP contribution in [0, 0.1) is 0 Å². The number of nitrogens with zero attached hydrogens (tertiary/aromatic N) is 1. The van der Waals surface area contributed by atoms with Gasteiger partial charge in [-0.3, -0.25) is 4.79 Å². The lowest BCUT2D eigenvalue weighted by molar-refractivity contribution is -0.131. The van der Waals surface area contributed by atoms with Gasteiger partial charge in [0.25, 0.3) is 0 Å². The van der Waals surface area contributed by atoms with E-state index < -0.39 is 0 Å². The molecule has 92 valence electrons. The summed E-state index contributed by atoms with van der Waals surface area (Å²) in [5.74, 6) is 0.0550. The zero-order valence-electron chi connectivity index (χ0n) is 9.80. The Hall–Kier alpha value is -1.55. The Morgan fingerprint density at radius 3 is 2.94 bits per heavy atom. The number of benzene rings is 1. The van der Waals surface area contributed by atoms with Gasteiger partial charge in [-0.15, -0.1) is 0 Å². The van der Waals surface area contributed by atoms with Crippen LogP contribution < -0.4 is 5.73 Å². The molecule has 2 rings (SSSR count). The van der Waals surface area contributed by atoms with Crippen LogP contribution in [0.25, 0.3) is 0 Å². The first-order valence-corrected chi connectivity index (χ1v) is 5.96. The van der Waals surface area contributed by atoms with E-state index in [1.165, 1.54) is 0 Å². The Morgan fingerprint density at radius 2 is 2.24 bits per heavy atom. The molecule has 1 aromatic rings. The first-order chi connectivity index (χ1) is 8.22. The van der Waals surface area contributed by atoms with Crippen molar-refractivity contribution in [2.75, 3.05) is 18.9 Å². The third kappa shape index (κ3) is 2.58. The second-order valence-electron chi connectivity index (χ2n) is 4.44. The molecule has 0 bridgehead atoms. The van der Waals surface area contributed by atoms with Gasteiger partial charge in [-0.05, 0) is 24.5 Å². The van der Waals surface area contributed by atoms with Gasteiger partial charge in [-0.1, -0.05) is 18.2 Å². The molecule has 1 aliphatic rings. The molecule has 17 heavy (non-hydrogen) atoms. The number of aliphatic hydroxyl groups excluding tert-OH is 1. The van der Waals surface area contributed by atoms with Crippen LogP contribution in [0.5, 0.6) is 0 Å². The fourth-order valence-corrected chi connectivity index (χ4v) is 2.31. The van der Waals surface area contributed by atoms with Crippen molar-refractivity contribution in [3.05, 3.63) is 29.8 Å². The quantitative estimate of drug-likeness (QED) is 0.760. The summed E-state index contributed by atoms with van der Waals surface area (Å²) in [6.45, 7) is 0.798. The minimum atomic E-state index is -0.00700. The van der Waals surface area contributed by atoms with E-state index in [9.17, 15) is 9.90 Å². The van der Waals surface area contributed by atoms with Gasteiger partial charge in [-0.2, -0.15) is 0 Å². The van der Waals surface area contributed by atoms with Crippen LogP contribution in [-0.4, -0.2) is 35.1 Å². The Morgan fingerprint density at radius 1 is 1.47 bits per heavy atom. The molecular weight excluding hydrogens is 216 g/mol. The number of hydrogen-bond acceptors (Lipinski definition) is 3. The van der Waals surface area contributed by atoms with Crippen molar-refractivity contribution in [2.45, 2.75) is 25.3 Å². The molecule has 4 heteroatoms. The zero-order chi connectivity index (χ0) is 12.3. The Balaban J connectivity index is 2.04. The summed E-state index contributed by atoms with van der Waals surface area (Å²) in [4.78, 5) is 13.9. The standard InChI is InChI=1S/C13H18N2O2/c14-12-6-2-1-4-10(12)8-13(17)15-7-3-5-11(15)9-16/h1-2,4,6,11,16H,3,5,7-9,14H2/t11-/m1/s1. The van der Waals surface area contributed by atoms with Crippen molar-refractivity contribution in [3.8, 4) is 0 Å². The van der Waals surface area contributed by atoms with Gasteiger partial charge in [0, 0.05) is 12.2 Å². The third-order valence-corrected chi connectivity index (χ3v) is 3.31. The molecule has 0 aliphatic carbocycles. The maximum absolute atomic E-state index is 12.1. The van der Waals surface area contributed by atoms with Crippen LogP contribution in [0.2, 0.25) is 0 Å². The number of hydrogen-bond donors (Lipinski definition) is 2. The Kier molecular flexibility index (Phi) is 3.64. The van der Waals surface area contributed by atoms with E-state index in [1.54, 1.807) is 11.0 Å². The average molecular weight is 234 g/mol. The number of anilines is 1. The zero-order valence-corrected chi connectivity index (χ0v) is 9.80. The fraction of sp³-hybridized carbons (Fsp3) is 0.462. The van der Waals surface area contributed by atoms with Crippen molar-refractivity contribution in [1.82, 2.24) is 4.90 Å². The molecule has 1 aromatic carbocycles. The molecule has 1 fully saturated rings. The van der Waals surface area contributed by atoms with Gasteiger partial charge in [0.05, 0.1) is 19.1 Å². The van der Waals surface area contributed by atoms with E-state index >= 15 is 0 Å². The molecule has 0 saturated carbocycles. The number of rotatable bonds is 3. The van der Waals surface area contributed by atoms with E-state index in [0.717, 1.165) is 24.9 Å². The van der Waals surface area contributed by atoms with Crippen molar-refractivity contribution >= 4 is 11.6 Å². The summed E-state index contributed by atoms with van der Waals surface area (Å²) in [7, 11) is 0. The fourth-order valence-electron chi connectivity index (χ4n) is 2.31. The van der Waals surface area contributed by atoms with Gasteiger partial charge in [0.2, 0.25) is 5.91 Å². The van der Waals surface area contributed by atoms with Gasteiger partial charge in [0.1, 0.15) is 0 Å². The molecule has 1 saturated heterocycles. The second-order valence-corrected chi connectivity index (χ2v) is 4.44. The van der Waals surface area contributed by atoms with Gasteiger partial charge >= 0.3 is 0 Å². The van der Waals surface area contributed by atoms with Crippen molar-refractivity contribution in [2.24, 2.45) is 0 Å². The van der Waals surface area contributed by atoms with E-state index in [1.807, 2.05) is 18.2 Å². The monoisotopic (exact) mass is 234 g/mol. The highest BCUT2D eigenvalue weighted by atomic mass is 16.3. The average Bonchev–Trinajstić information content (AvgIpc) is 2.80. The number of likely N-dealkylation sites (tertiary alicyclic amines) is 1. The van der Waals surface area contributed by atoms with Crippen LogP contribution in [0.3, 0.4) is 0 Å². The first-order valence-electron chi connectivity index (χ1n) is 5.96. The summed E-state index contributed by atoms with van der Waals surface area (Å²) in [6.07, 6.45) is 2.19. The Labute approximate surface area is 101 Å². The predicted octanol–water partition coefficient (Wildman–Crippen LogP) is 0.795. The molecule has 0 unspecified atom stereocenters. The van der Waals surface area contributed by atoms with Crippen LogP contribution in [0.1, 0.15) is 18.4 Å². The maximum atomic E-state index is 12.1. The molecule has 0 aromatic heterocycles. The van der Waals surface area contributed by atoms with Gasteiger partial charge in [-0.25, -0.2) is 0 Å². The lowest BCUT2D eigenvalue weighted by Crippen LogP contribution is -2.38. The molecule has 0 spiro atoms. The Bertz CT molecular complexity index is 406. The molecule has 0 radical (unpaired) electrons. The van der Waals surface area contributed by atoms with Crippen LogP contribution in [0.15, 0.2) is 24.3 Å². The highest BCUT2D eigenvalue weighted by Gasteiger charge is 2.27. The van der Waals surface area contributed by atoms with E-state index in [0.29, 0.717) is 12.1 Å². The molecule has 1 heterocycles. The largest absolute Gasteiger partial charge is 0.398 e.